The molecule has 0 radical (unpaired) electrons. The van der Waals surface area contributed by atoms with Gasteiger partial charge in [0.1, 0.15) is 0 Å². The molecule has 1 saturated carbocycles. The van der Waals surface area contributed by atoms with E-state index >= 15 is 0 Å². The fourth-order valence-electron chi connectivity index (χ4n) is 3.33. The van der Waals surface area contributed by atoms with Gasteiger partial charge >= 0.3 is 0 Å². The Hall–Kier alpha value is -0.0800. The fourth-order valence-corrected chi connectivity index (χ4v) is 3.33. The van der Waals surface area contributed by atoms with Gasteiger partial charge < -0.3 is 5.32 Å². The molecule has 0 spiro atoms. The number of nitrogens with one attached hydrogen (secondary N) is 1. The fraction of sp³-hybridized carbons (Fsp3) is 1.00. The largest absolute Gasteiger partial charge is 0.311 e. The second-order valence-electron chi connectivity index (χ2n) is 7.19. The Morgan fingerprint density at radius 2 is 1.82 bits per heavy atom. The number of hydrogen-bond acceptors (Lipinski definition) is 2. The minimum Gasteiger partial charge on any atom is -0.311 e. The molecule has 1 atom stereocenters. The third kappa shape index (κ3) is 3.45. The normalized spacial score (nSPS) is 31.9. The van der Waals surface area contributed by atoms with Crippen molar-refractivity contribution in [3.8, 4) is 0 Å². The zero-order valence-electron chi connectivity index (χ0n) is 12.1. The van der Waals surface area contributed by atoms with Crippen molar-refractivity contribution < 1.29 is 0 Å². The maximum Gasteiger partial charge on any atom is 0.0218 e. The average molecular weight is 238 g/mol. The van der Waals surface area contributed by atoms with E-state index in [2.05, 4.69) is 37.9 Å². The van der Waals surface area contributed by atoms with Crippen LogP contribution < -0.4 is 5.32 Å². The Bertz CT molecular complexity index is 237. The SMILES string of the molecule is CC(C)C1CN(C2CCC(C)(C)CC2)CCN1. The van der Waals surface area contributed by atoms with Crippen LogP contribution in [-0.4, -0.2) is 36.6 Å². The maximum atomic E-state index is 3.66. The summed E-state index contributed by atoms with van der Waals surface area (Å²) in [6.07, 6.45) is 5.65. The van der Waals surface area contributed by atoms with E-state index in [0.29, 0.717) is 11.5 Å². The van der Waals surface area contributed by atoms with Gasteiger partial charge in [-0.15, -0.1) is 0 Å². The van der Waals surface area contributed by atoms with Gasteiger partial charge in [-0.1, -0.05) is 27.7 Å². The third-order valence-corrected chi connectivity index (χ3v) is 4.87. The van der Waals surface area contributed by atoms with E-state index in [-0.39, 0.29) is 0 Å². The molecule has 0 aromatic heterocycles. The Balaban J connectivity index is 1.86. The van der Waals surface area contributed by atoms with Crippen molar-refractivity contribution >= 4 is 0 Å². The van der Waals surface area contributed by atoms with E-state index in [1.807, 2.05) is 0 Å². The maximum absolute atomic E-state index is 3.66. The Labute approximate surface area is 107 Å². The average Bonchev–Trinajstić information content (AvgIpc) is 2.29. The number of nitrogens with zero attached hydrogens (tertiary/aromatic N) is 1. The van der Waals surface area contributed by atoms with Gasteiger partial charge in [0.25, 0.3) is 0 Å². The minimum absolute atomic E-state index is 0.599. The summed E-state index contributed by atoms with van der Waals surface area (Å²) in [6, 6.07) is 1.57. The van der Waals surface area contributed by atoms with Crippen LogP contribution in [0, 0.1) is 11.3 Å². The van der Waals surface area contributed by atoms with Gasteiger partial charge in [0.2, 0.25) is 0 Å². The molecule has 2 fully saturated rings. The summed E-state index contributed by atoms with van der Waals surface area (Å²) in [7, 11) is 0. The van der Waals surface area contributed by atoms with Gasteiger partial charge in [0, 0.05) is 31.7 Å². The van der Waals surface area contributed by atoms with Crippen molar-refractivity contribution in [3.63, 3.8) is 0 Å². The highest BCUT2D eigenvalue weighted by molar-refractivity contribution is 4.89. The quantitative estimate of drug-likeness (QED) is 0.796. The second-order valence-corrected chi connectivity index (χ2v) is 7.19. The zero-order valence-corrected chi connectivity index (χ0v) is 12.1. The van der Waals surface area contributed by atoms with Gasteiger partial charge in [0.05, 0.1) is 0 Å². The molecule has 2 heteroatoms. The van der Waals surface area contributed by atoms with E-state index < -0.39 is 0 Å². The summed E-state index contributed by atoms with van der Waals surface area (Å²) < 4.78 is 0. The molecule has 0 aromatic carbocycles. The van der Waals surface area contributed by atoms with Crippen LogP contribution in [0.15, 0.2) is 0 Å². The standard InChI is InChI=1S/C15H30N2/c1-12(2)14-11-17(10-9-16-14)13-5-7-15(3,4)8-6-13/h12-14,16H,5-11H2,1-4H3. The molecular formula is C15H30N2. The summed E-state index contributed by atoms with van der Waals surface area (Å²) in [5.41, 5.74) is 0.599. The van der Waals surface area contributed by atoms with Gasteiger partial charge in [-0.25, -0.2) is 0 Å². The van der Waals surface area contributed by atoms with Gasteiger partial charge in [-0.2, -0.15) is 0 Å². The Morgan fingerprint density at radius 3 is 2.41 bits per heavy atom. The predicted octanol–water partition coefficient (Wildman–Crippen LogP) is 2.89. The molecule has 2 aliphatic rings. The smallest absolute Gasteiger partial charge is 0.0218 e. The Kier molecular flexibility index (Phi) is 4.14. The van der Waals surface area contributed by atoms with Gasteiger partial charge in [0.15, 0.2) is 0 Å². The van der Waals surface area contributed by atoms with Crippen molar-refractivity contribution in [1.82, 2.24) is 10.2 Å². The van der Waals surface area contributed by atoms with Crippen molar-refractivity contribution in [2.24, 2.45) is 11.3 Å². The van der Waals surface area contributed by atoms with Crippen molar-refractivity contribution in [2.75, 3.05) is 19.6 Å². The molecule has 17 heavy (non-hydrogen) atoms. The summed E-state index contributed by atoms with van der Waals surface area (Å²) >= 11 is 0. The molecule has 0 aromatic rings. The summed E-state index contributed by atoms with van der Waals surface area (Å²) in [4.78, 5) is 2.76. The number of rotatable bonds is 2. The van der Waals surface area contributed by atoms with E-state index in [4.69, 9.17) is 0 Å². The highest BCUT2D eigenvalue weighted by Crippen LogP contribution is 2.37. The molecule has 1 N–H and O–H groups in total. The van der Waals surface area contributed by atoms with Crippen molar-refractivity contribution in [2.45, 2.75) is 65.5 Å². The van der Waals surface area contributed by atoms with E-state index in [1.54, 1.807) is 0 Å². The van der Waals surface area contributed by atoms with Crippen molar-refractivity contribution in [1.29, 1.82) is 0 Å². The molecule has 2 nitrogen and oxygen atoms in total. The highest BCUT2D eigenvalue weighted by atomic mass is 15.2. The van der Waals surface area contributed by atoms with Gasteiger partial charge in [-0.05, 0) is 37.0 Å². The summed E-state index contributed by atoms with van der Waals surface area (Å²) in [5, 5.41) is 3.66. The predicted molar refractivity (Wildman–Crippen MR) is 74.2 cm³/mol. The lowest BCUT2D eigenvalue weighted by molar-refractivity contribution is 0.0733. The lowest BCUT2D eigenvalue weighted by atomic mass is 9.75. The number of piperazine rings is 1. The molecule has 2 rings (SSSR count). The van der Waals surface area contributed by atoms with Crippen LogP contribution in [0.1, 0.15) is 53.4 Å². The van der Waals surface area contributed by atoms with Crippen LogP contribution in [0.2, 0.25) is 0 Å². The molecule has 0 bridgehead atoms. The first-order valence-electron chi connectivity index (χ1n) is 7.45. The van der Waals surface area contributed by atoms with E-state index in [9.17, 15) is 0 Å². The van der Waals surface area contributed by atoms with Crippen LogP contribution in [0.4, 0.5) is 0 Å². The third-order valence-electron chi connectivity index (χ3n) is 4.87. The molecule has 100 valence electrons. The Morgan fingerprint density at radius 1 is 1.18 bits per heavy atom. The van der Waals surface area contributed by atoms with Gasteiger partial charge in [-0.3, -0.25) is 4.90 Å². The van der Waals surface area contributed by atoms with Crippen LogP contribution in [0.25, 0.3) is 0 Å². The molecular weight excluding hydrogens is 208 g/mol. The molecule has 1 heterocycles. The summed E-state index contributed by atoms with van der Waals surface area (Å²) in [5.74, 6) is 0.762. The number of hydrogen-bond donors (Lipinski definition) is 1. The molecule has 0 amide bonds. The topological polar surface area (TPSA) is 15.3 Å². The van der Waals surface area contributed by atoms with E-state index in [0.717, 1.165) is 12.0 Å². The zero-order chi connectivity index (χ0) is 12.5. The van der Waals surface area contributed by atoms with Crippen LogP contribution >= 0.6 is 0 Å². The van der Waals surface area contributed by atoms with Crippen LogP contribution in [0.3, 0.4) is 0 Å². The molecule has 1 unspecified atom stereocenters. The lowest BCUT2D eigenvalue weighted by Crippen LogP contribution is -2.56. The first kappa shape index (κ1) is 13.4. The van der Waals surface area contributed by atoms with E-state index in [1.165, 1.54) is 45.3 Å². The first-order chi connectivity index (χ1) is 7.98. The first-order valence-corrected chi connectivity index (χ1v) is 7.45. The monoisotopic (exact) mass is 238 g/mol. The highest BCUT2D eigenvalue weighted by Gasteiger charge is 2.32. The molecule has 1 saturated heterocycles. The molecule has 1 aliphatic heterocycles. The molecule has 1 aliphatic carbocycles. The van der Waals surface area contributed by atoms with Crippen LogP contribution in [0.5, 0.6) is 0 Å². The minimum atomic E-state index is 0.599. The van der Waals surface area contributed by atoms with Crippen molar-refractivity contribution in [3.05, 3.63) is 0 Å². The summed E-state index contributed by atoms with van der Waals surface area (Å²) in [6.45, 7) is 13.2. The second kappa shape index (κ2) is 5.27. The lowest BCUT2D eigenvalue weighted by Gasteiger charge is -2.44. The van der Waals surface area contributed by atoms with Crippen LogP contribution in [-0.2, 0) is 0 Å².